The zero-order chi connectivity index (χ0) is 16.6. The molecule has 23 heavy (non-hydrogen) atoms. The van der Waals surface area contributed by atoms with E-state index in [9.17, 15) is 9.18 Å². The van der Waals surface area contributed by atoms with Gasteiger partial charge in [-0.15, -0.1) is 0 Å². The monoisotopic (exact) mass is 312 g/mol. The molecule has 4 heteroatoms. The summed E-state index contributed by atoms with van der Waals surface area (Å²) in [7, 11) is 1.59. The van der Waals surface area contributed by atoms with Gasteiger partial charge in [0.1, 0.15) is 22.9 Å². The quantitative estimate of drug-likeness (QED) is 0.656. The maximum absolute atomic E-state index is 13.6. The average molecular weight is 312 g/mol. The summed E-state index contributed by atoms with van der Waals surface area (Å²) < 4.78 is 24.5. The molecule has 0 amide bonds. The second-order valence-electron chi connectivity index (χ2n) is 5.41. The van der Waals surface area contributed by atoms with E-state index in [4.69, 9.17) is 9.15 Å². The van der Waals surface area contributed by atoms with Crippen LogP contribution in [-0.4, -0.2) is 12.9 Å². The van der Waals surface area contributed by atoms with Crippen molar-refractivity contribution in [3.63, 3.8) is 0 Å². The number of methoxy groups -OCH3 is 1. The van der Waals surface area contributed by atoms with Crippen molar-refractivity contribution in [2.24, 2.45) is 0 Å². The molecule has 0 saturated heterocycles. The number of fused-ring (bicyclic) bond motifs is 1. The van der Waals surface area contributed by atoms with Crippen LogP contribution >= 0.6 is 0 Å². The molecular weight excluding hydrogens is 295 g/mol. The predicted octanol–water partition coefficient (Wildman–Crippen LogP) is 4.68. The van der Waals surface area contributed by atoms with Crippen molar-refractivity contribution < 1.29 is 18.3 Å². The number of halogens is 1. The van der Waals surface area contributed by atoms with Crippen LogP contribution in [0.4, 0.5) is 4.39 Å². The molecule has 0 radical (unpaired) electrons. The number of hydrogen-bond donors (Lipinski definition) is 0. The van der Waals surface area contributed by atoms with Crippen molar-refractivity contribution in [3.05, 3.63) is 64.7 Å². The molecule has 0 N–H and O–H groups in total. The fourth-order valence-corrected chi connectivity index (χ4v) is 2.78. The van der Waals surface area contributed by atoms with E-state index < -0.39 is 0 Å². The minimum atomic E-state index is -0.388. The molecule has 3 aromatic rings. The van der Waals surface area contributed by atoms with Crippen LogP contribution in [0.25, 0.3) is 11.0 Å². The molecule has 0 fully saturated rings. The van der Waals surface area contributed by atoms with Crippen LogP contribution in [0.2, 0.25) is 0 Å². The first-order valence-electron chi connectivity index (χ1n) is 7.45. The Morgan fingerprint density at radius 2 is 2.00 bits per heavy atom. The number of rotatable bonds is 4. The number of hydrogen-bond acceptors (Lipinski definition) is 3. The minimum Gasteiger partial charge on any atom is -0.496 e. The van der Waals surface area contributed by atoms with Crippen molar-refractivity contribution in [3.8, 4) is 5.75 Å². The number of carbonyl (C=O) groups excluding carboxylic acids is 1. The van der Waals surface area contributed by atoms with Gasteiger partial charge < -0.3 is 9.15 Å². The molecule has 2 aromatic carbocycles. The van der Waals surface area contributed by atoms with Crippen molar-refractivity contribution in [1.29, 1.82) is 0 Å². The molecule has 1 heterocycles. The average Bonchev–Trinajstić information content (AvgIpc) is 2.91. The molecule has 0 saturated carbocycles. The molecule has 3 rings (SSSR count). The van der Waals surface area contributed by atoms with Crippen molar-refractivity contribution in [1.82, 2.24) is 0 Å². The first-order chi connectivity index (χ1) is 11.0. The maximum atomic E-state index is 13.6. The van der Waals surface area contributed by atoms with E-state index in [0.29, 0.717) is 34.3 Å². The van der Waals surface area contributed by atoms with Crippen LogP contribution < -0.4 is 4.74 Å². The van der Waals surface area contributed by atoms with Crippen LogP contribution in [0, 0.1) is 12.7 Å². The summed E-state index contributed by atoms with van der Waals surface area (Å²) in [5.41, 5.74) is 2.36. The van der Waals surface area contributed by atoms with Crippen LogP contribution in [0.3, 0.4) is 0 Å². The fourth-order valence-electron chi connectivity index (χ4n) is 2.78. The lowest BCUT2D eigenvalue weighted by atomic mass is 9.98. The highest BCUT2D eigenvalue weighted by molar-refractivity contribution is 6.17. The van der Waals surface area contributed by atoms with Crippen molar-refractivity contribution in [2.75, 3.05) is 7.11 Å². The maximum Gasteiger partial charge on any atom is 0.197 e. The smallest absolute Gasteiger partial charge is 0.197 e. The molecule has 0 bridgehead atoms. The Morgan fingerprint density at radius 1 is 1.22 bits per heavy atom. The summed E-state index contributed by atoms with van der Waals surface area (Å²) in [5.74, 6) is 0.738. The van der Waals surface area contributed by atoms with Crippen LogP contribution in [0.1, 0.15) is 34.2 Å². The topological polar surface area (TPSA) is 39.4 Å². The zero-order valence-electron chi connectivity index (χ0n) is 13.3. The molecule has 3 nitrogen and oxygen atoms in total. The van der Waals surface area contributed by atoms with Gasteiger partial charge in [0.15, 0.2) is 5.78 Å². The second-order valence-corrected chi connectivity index (χ2v) is 5.41. The van der Waals surface area contributed by atoms with Gasteiger partial charge in [-0.3, -0.25) is 4.79 Å². The number of ketones is 1. The van der Waals surface area contributed by atoms with Crippen molar-refractivity contribution >= 4 is 16.8 Å². The highest BCUT2D eigenvalue weighted by Gasteiger charge is 2.22. The lowest BCUT2D eigenvalue weighted by Gasteiger charge is -2.07. The van der Waals surface area contributed by atoms with E-state index in [-0.39, 0.29) is 11.6 Å². The SMILES string of the molecule is CCc1oc2ccc(F)cc2c1C(=O)c1ccc(OC)c(C)c1. The molecule has 0 aliphatic carbocycles. The highest BCUT2D eigenvalue weighted by atomic mass is 19.1. The van der Waals surface area contributed by atoms with Gasteiger partial charge in [0.2, 0.25) is 0 Å². The van der Waals surface area contributed by atoms with Crippen LogP contribution in [0.15, 0.2) is 40.8 Å². The number of aryl methyl sites for hydroxylation is 2. The van der Waals surface area contributed by atoms with E-state index in [1.54, 1.807) is 31.4 Å². The standard InChI is InChI=1S/C19H17FO3/c1-4-15-18(14-10-13(20)6-8-17(14)23-15)19(21)12-5-7-16(22-3)11(2)9-12/h5-10H,4H2,1-3H3. The number of benzene rings is 2. The summed E-state index contributed by atoms with van der Waals surface area (Å²) >= 11 is 0. The summed E-state index contributed by atoms with van der Waals surface area (Å²) in [5, 5.41) is 0.514. The molecule has 0 unspecified atom stereocenters. The summed E-state index contributed by atoms with van der Waals surface area (Å²) in [6.45, 7) is 3.79. The summed E-state index contributed by atoms with van der Waals surface area (Å²) in [4.78, 5) is 12.9. The molecule has 1 aromatic heterocycles. The van der Waals surface area contributed by atoms with Crippen molar-refractivity contribution in [2.45, 2.75) is 20.3 Å². The highest BCUT2D eigenvalue weighted by Crippen LogP contribution is 2.30. The Bertz CT molecular complexity index is 893. The van der Waals surface area contributed by atoms with Gasteiger partial charge in [0.05, 0.1) is 12.7 Å². The van der Waals surface area contributed by atoms with Gasteiger partial charge in [-0.05, 0) is 48.9 Å². The fraction of sp³-hybridized carbons (Fsp3) is 0.211. The van der Waals surface area contributed by atoms with E-state index in [0.717, 1.165) is 11.3 Å². The largest absolute Gasteiger partial charge is 0.496 e. The Labute approximate surface area is 133 Å². The van der Waals surface area contributed by atoms with Gasteiger partial charge >= 0.3 is 0 Å². The van der Waals surface area contributed by atoms with Crippen LogP contribution in [-0.2, 0) is 6.42 Å². The Kier molecular flexibility index (Phi) is 3.90. The summed E-state index contributed by atoms with van der Waals surface area (Å²) in [6, 6.07) is 9.49. The third-order valence-electron chi connectivity index (χ3n) is 3.93. The Hall–Kier alpha value is -2.62. The molecule has 0 aliphatic heterocycles. The number of carbonyl (C=O) groups is 1. The number of ether oxygens (including phenoxy) is 1. The van der Waals surface area contributed by atoms with Gasteiger partial charge in [-0.1, -0.05) is 6.92 Å². The molecule has 0 atom stereocenters. The van der Waals surface area contributed by atoms with E-state index in [2.05, 4.69) is 0 Å². The minimum absolute atomic E-state index is 0.169. The lowest BCUT2D eigenvalue weighted by molar-refractivity contribution is 0.103. The third kappa shape index (κ3) is 2.61. The third-order valence-corrected chi connectivity index (χ3v) is 3.93. The first-order valence-corrected chi connectivity index (χ1v) is 7.45. The van der Waals surface area contributed by atoms with Crippen LogP contribution in [0.5, 0.6) is 5.75 Å². The summed E-state index contributed by atoms with van der Waals surface area (Å²) in [6.07, 6.45) is 0.562. The molecule has 0 aliphatic rings. The van der Waals surface area contributed by atoms with Gasteiger partial charge in [0.25, 0.3) is 0 Å². The first kappa shape index (κ1) is 15.3. The zero-order valence-corrected chi connectivity index (χ0v) is 13.3. The lowest BCUT2D eigenvalue weighted by Crippen LogP contribution is -2.04. The normalized spacial score (nSPS) is 11.0. The molecule has 0 spiro atoms. The molecular formula is C19H17FO3. The van der Waals surface area contributed by atoms with E-state index in [1.165, 1.54) is 12.1 Å². The van der Waals surface area contributed by atoms with Gasteiger partial charge in [-0.25, -0.2) is 4.39 Å². The Balaban J connectivity index is 2.17. The van der Waals surface area contributed by atoms with Gasteiger partial charge in [0, 0.05) is 17.4 Å². The number of furan rings is 1. The molecule has 118 valence electrons. The van der Waals surface area contributed by atoms with Gasteiger partial charge in [-0.2, -0.15) is 0 Å². The second kappa shape index (κ2) is 5.88. The predicted molar refractivity (Wildman–Crippen MR) is 86.7 cm³/mol. The van der Waals surface area contributed by atoms with E-state index >= 15 is 0 Å². The Morgan fingerprint density at radius 3 is 2.65 bits per heavy atom. The van der Waals surface area contributed by atoms with E-state index in [1.807, 2.05) is 13.8 Å².